The fraction of sp³-hybridized carbons (Fsp3) is 0.267. The van der Waals surface area contributed by atoms with Crippen LogP contribution in [0.1, 0.15) is 5.56 Å². The summed E-state index contributed by atoms with van der Waals surface area (Å²) in [5, 5.41) is 9.60. The number of aromatic nitrogens is 2. The molecule has 0 aliphatic rings. The topological polar surface area (TPSA) is 47.3 Å². The average Bonchev–Trinajstić information content (AvgIpc) is 2.88. The molecule has 1 aromatic carbocycles. The van der Waals surface area contributed by atoms with E-state index in [0.29, 0.717) is 6.61 Å². The second-order valence-corrected chi connectivity index (χ2v) is 5.06. The van der Waals surface area contributed by atoms with Crippen molar-refractivity contribution in [2.45, 2.75) is 5.16 Å². The SMILES string of the molecule is Cn1ccnc1SCCOc1ccc(C#CCO)cc1. The van der Waals surface area contributed by atoms with Crippen molar-refractivity contribution in [2.24, 2.45) is 7.05 Å². The van der Waals surface area contributed by atoms with Gasteiger partial charge < -0.3 is 14.4 Å². The number of ether oxygens (including phenoxy) is 1. The van der Waals surface area contributed by atoms with E-state index in [2.05, 4.69) is 16.8 Å². The van der Waals surface area contributed by atoms with Crippen molar-refractivity contribution in [1.82, 2.24) is 9.55 Å². The summed E-state index contributed by atoms with van der Waals surface area (Å²) in [6, 6.07) is 7.52. The van der Waals surface area contributed by atoms with E-state index in [4.69, 9.17) is 9.84 Å². The molecule has 2 aromatic rings. The van der Waals surface area contributed by atoms with Crippen LogP contribution in [0.5, 0.6) is 5.75 Å². The number of thioether (sulfide) groups is 1. The van der Waals surface area contributed by atoms with Crippen LogP contribution in [0.2, 0.25) is 0 Å². The Labute approximate surface area is 122 Å². The largest absolute Gasteiger partial charge is 0.493 e. The van der Waals surface area contributed by atoms with Crippen LogP contribution < -0.4 is 4.74 Å². The van der Waals surface area contributed by atoms with Crippen molar-refractivity contribution >= 4 is 11.8 Å². The molecule has 0 saturated heterocycles. The van der Waals surface area contributed by atoms with Gasteiger partial charge in [-0.1, -0.05) is 23.6 Å². The average molecular weight is 288 g/mol. The molecule has 0 unspecified atom stereocenters. The third-order valence-electron chi connectivity index (χ3n) is 2.53. The van der Waals surface area contributed by atoms with Crippen LogP contribution in [-0.4, -0.2) is 33.6 Å². The molecule has 0 fully saturated rings. The van der Waals surface area contributed by atoms with Gasteiger partial charge in [0.25, 0.3) is 0 Å². The summed E-state index contributed by atoms with van der Waals surface area (Å²) in [6.45, 7) is 0.502. The molecule has 2 rings (SSSR count). The van der Waals surface area contributed by atoms with E-state index in [-0.39, 0.29) is 6.61 Å². The highest BCUT2D eigenvalue weighted by molar-refractivity contribution is 7.99. The molecule has 0 saturated carbocycles. The number of imidazole rings is 1. The van der Waals surface area contributed by atoms with Crippen LogP contribution in [0, 0.1) is 11.8 Å². The van der Waals surface area contributed by atoms with Gasteiger partial charge in [-0.15, -0.1) is 0 Å². The molecule has 0 aliphatic carbocycles. The summed E-state index contributed by atoms with van der Waals surface area (Å²) in [4.78, 5) is 4.24. The van der Waals surface area contributed by atoms with Gasteiger partial charge in [-0.2, -0.15) is 0 Å². The van der Waals surface area contributed by atoms with Gasteiger partial charge >= 0.3 is 0 Å². The van der Waals surface area contributed by atoms with Crippen molar-refractivity contribution in [3.63, 3.8) is 0 Å². The summed E-state index contributed by atoms with van der Waals surface area (Å²) in [5.74, 6) is 7.12. The highest BCUT2D eigenvalue weighted by atomic mass is 32.2. The molecule has 0 bridgehead atoms. The van der Waals surface area contributed by atoms with E-state index >= 15 is 0 Å². The second-order valence-electron chi connectivity index (χ2n) is 4.00. The van der Waals surface area contributed by atoms with E-state index in [1.165, 1.54) is 0 Å². The van der Waals surface area contributed by atoms with Crippen molar-refractivity contribution in [1.29, 1.82) is 0 Å². The monoisotopic (exact) mass is 288 g/mol. The Kier molecular flexibility index (Phi) is 5.54. The Morgan fingerprint density at radius 2 is 2.15 bits per heavy atom. The molecule has 0 amide bonds. The quantitative estimate of drug-likeness (QED) is 0.519. The van der Waals surface area contributed by atoms with E-state index in [1.807, 2.05) is 42.1 Å². The van der Waals surface area contributed by atoms with Gasteiger partial charge in [0.1, 0.15) is 12.4 Å². The number of hydrogen-bond acceptors (Lipinski definition) is 4. The lowest BCUT2D eigenvalue weighted by Gasteiger charge is -2.06. The van der Waals surface area contributed by atoms with Gasteiger partial charge in [0, 0.05) is 30.8 Å². The predicted octanol–water partition coefficient (Wildman–Crippen LogP) is 1.93. The summed E-state index contributed by atoms with van der Waals surface area (Å²) in [5.41, 5.74) is 0.869. The van der Waals surface area contributed by atoms with Crippen LogP contribution >= 0.6 is 11.8 Å². The maximum absolute atomic E-state index is 8.62. The molecule has 0 aliphatic heterocycles. The van der Waals surface area contributed by atoms with Crippen molar-refractivity contribution < 1.29 is 9.84 Å². The summed E-state index contributed by atoms with van der Waals surface area (Å²) < 4.78 is 7.63. The minimum atomic E-state index is -0.122. The van der Waals surface area contributed by atoms with Crippen LogP contribution in [-0.2, 0) is 7.05 Å². The molecular formula is C15H16N2O2S. The number of rotatable bonds is 5. The highest BCUT2D eigenvalue weighted by Gasteiger charge is 2.00. The lowest BCUT2D eigenvalue weighted by Crippen LogP contribution is -2.01. The summed E-state index contributed by atoms with van der Waals surface area (Å²) in [7, 11) is 1.97. The predicted molar refractivity (Wildman–Crippen MR) is 79.8 cm³/mol. The van der Waals surface area contributed by atoms with Gasteiger partial charge in [0.05, 0.1) is 6.61 Å². The molecule has 1 aromatic heterocycles. The molecule has 0 spiro atoms. The minimum absolute atomic E-state index is 0.122. The Morgan fingerprint density at radius 3 is 2.80 bits per heavy atom. The van der Waals surface area contributed by atoms with E-state index in [1.54, 1.807) is 18.0 Å². The zero-order chi connectivity index (χ0) is 14.2. The maximum Gasteiger partial charge on any atom is 0.167 e. The lowest BCUT2D eigenvalue weighted by molar-refractivity contribution is 0.344. The Balaban J connectivity index is 1.75. The number of benzene rings is 1. The molecule has 5 heteroatoms. The third-order valence-corrected chi connectivity index (χ3v) is 3.55. The van der Waals surface area contributed by atoms with Crippen LogP contribution in [0.3, 0.4) is 0 Å². The summed E-state index contributed by atoms with van der Waals surface area (Å²) in [6.07, 6.45) is 3.71. The fourth-order valence-electron chi connectivity index (χ4n) is 1.56. The molecular weight excluding hydrogens is 272 g/mol. The van der Waals surface area contributed by atoms with Crippen molar-refractivity contribution in [3.8, 4) is 17.6 Å². The van der Waals surface area contributed by atoms with Gasteiger partial charge in [-0.05, 0) is 24.3 Å². The maximum atomic E-state index is 8.62. The number of aryl methyl sites for hydroxylation is 1. The minimum Gasteiger partial charge on any atom is -0.493 e. The Hall–Kier alpha value is -1.90. The number of hydrogen-bond donors (Lipinski definition) is 1. The Bertz CT molecular complexity index is 596. The smallest absolute Gasteiger partial charge is 0.167 e. The molecule has 20 heavy (non-hydrogen) atoms. The number of aliphatic hydroxyl groups excluding tert-OH is 1. The van der Waals surface area contributed by atoms with E-state index < -0.39 is 0 Å². The van der Waals surface area contributed by atoms with Crippen molar-refractivity contribution in [3.05, 3.63) is 42.2 Å². The van der Waals surface area contributed by atoms with E-state index in [0.717, 1.165) is 22.2 Å². The standard InChI is InChI=1S/C15H16N2O2S/c1-17-9-8-16-15(17)20-12-11-19-14-6-4-13(5-7-14)3-2-10-18/h4-9,18H,10-12H2,1H3. The highest BCUT2D eigenvalue weighted by Crippen LogP contribution is 2.16. The Morgan fingerprint density at radius 1 is 1.35 bits per heavy atom. The lowest BCUT2D eigenvalue weighted by atomic mass is 10.2. The normalized spacial score (nSPS) is 9.90. The zero-order valence-electron chi connectivity index (χ0n) is 11.2. The van der Waals surface area contributed by atoms with Crippen molar-refractivity contribution in [2.75, 3.05) is 19.0 Å². The zero-order valence-corrected chi connectivity index (χ0v) is 12.1. The first-order valence-electron chi connectivity index (χ1n) is 6.22. The molecule has 104 valence electrons. The van der Waals surface area contributed by atoms with Gasteiger partial charge in [-0.3, -0.25) is 0 Å². The fourth-order valence-corrected chi connectivity index (χ4v) is 2.31. The molecule has 0 radical (unpaired) electrons. The van der Waals surface area contributed by atoms with Crippen LogP contribution in [0.4, 0.5) is 0 Å². The van der Waals surface area contributed by atoms with Gasteiger partial charge in [-0.25, -0.2) is 4.98 Å². The third kappa shape index (κ3) is 4.34. The molecule has 0 atom stereocenters. The molecule has 1 heterocycles. The molecule has 1 N–H and O–H groups in total. The van der Waals surface area contributed by atoms with E-state index in [9.17, 15) is 0 Å². The van der Waals surface area contributed by atoms with Crippen LogP contribution in [0.15, 0.2) is 41.8 Å². The number of nitrogens with zero attached hydrogens (tertiary/aromatic N) is 2. The molecule has 4 nitrogen and oxygen atoms in total. The second kappa shape index (κ2) is 7.63. The van der Waals surface area contributed by atoms with Crippen LogP contribution in [0.25, 0.3) is 0 Å². The van der Waals surface area contributed by atoms with Gasteiger partial charge in [0.2, 0.25) is 0 Å². The first kappa shape index (κ1) is 14.5. The first-order valence-corrected chi connectivity index (χ1v) is 7.21. The number of aliphatic hydroxyl groups is 1. The van der Waals surface area contributed by atoms with Gasteiger partial charge in [0.15, 0.2) is 5.16 Å². The summed E-state index contributed by atoms with van der Waals surface area (Å²) >= 11 is 1.66. The first-order chi connectivity index (χ1) is 9.79.